The molecule has 0 atom stereocenters. The smallest absolute Gasteiger partial charge is 0.198 e. The summed E-state index contributed by atoms with van der Waals surface area (Å²) in [6.45, 7) is 0. The second kappa shape index (κ2) is 8.97. The Morgan fingerprint density at radius 1 is 0.500 bits per heavy atom. The first-order valence-corrected chi connectivity index (χ1v) is 11.6. The van der Waals surface area contributed by atoms with E-state index in [9.17, 15) is 9.59 Å². The highest BCUT2D eigenvalue weighted by Gasteiger charge is 2.33. The third-order valence-corrected chi connectivity index (χ3v) is 6.23. The van der Waals surface area contributed by atoms with E-state index in [4.69, 9.17) is 46.4 Å². The van der Waals surface area contributed by atoms with E-state index in [-0.39, 0.29) is 22.7 Å². The predicted molar refractivity (Wildman–Crippen MR) is 139 cm³/mol. The Morgan fingerprint density at radius 2 is 0.882 bits per heavy atom. The van der Waals surface area contributed by atoms with Gasteiger partial charge in [0.15, 0.2) is 11.6 Å². The number of ketones is 2. The van der Waals surface area contributed by atoms with Crippen molar-refractivity contribution in [2.45, 2.75) is 0 Å². The van der Waals surface area contributed by atoms with E-state index in [2.05, 4.69) is 10.6 Å². The van der Waals surface area contributed by atoms with Crippen LogP contribution in [0.2, 0.25) is 20.1 Å². The molecule has 0 spiro atoms. The molecule has 0 heterocycles. The van der Waals surface area contributed by atoms with Gasteiger partial charge in [0, 0.05) is 42.6 Å². The Labute approximate surface area is 215 Å². The minimum Gasteiger partial charge on any atom is -0.355 e. The van der Waals surface area contributed by atoms with Crippen LogP contribution in [0.25, 0.3) is 0 Å². The third kappa shape index (κ3) is 4.26. The lowest BCUT2D eigenvalue weighted by Gasteiger charge is -2.23. The topological polar surface area (TPSA) is 58.2 Å². The summed E-state index contributed by atoms with van der Waals surface area (Å²) in [7, 11) is 0. The van der Waals surface area contributed by atoms with Crippen molar-refractivity contribution in [2.75, 3.05) is 10.6 Å². The van der Waals surface area contributed by atoms with Crippen molar-refractivity contribution in [2.24, 2.45) is 0 Å². The molecule has 2 N–H and O–H groups in total. The highest BCUT2D eigenvalue weighted by Crippen LogP contribution is 2.38. The van der Waals surface area contributed by atoms with Gasteiger partial charge in [-0.1, -0.05) is 70.7 Å². The van der Waals surface area contributed by atoms with E-state index in [1.54, 1.807) is 72.8 Å². The van der Waals surface area contributed by atoms with Crippen LogP contribution >= 0.6 is 46.4 Å². The minimum absolute atomic E-state index is 0.245. The fourth-order valence-corrected chi connectivity index (χ4v) is 5.07. The van der Waals surface area contributed by atoms with Crippen molar-refractivity contribution >= 4 is 80.7 Å². The van der Waals surface area contributed by atoms with E-state index >= 15 is 0 Å². The predicted octanol–water partition coefficient (Wildman–Crippen LogP) is 8.56. The van der Waals surface area contributed by atoms with E-state index in [1.807, 2.05) is 0 Å². The molecule has 0 saturated carbocycles. The highest BCUT2D eigenvalue weighted by molar-refractivity contribution is 6.36. The van der Waals surface area contributed by atoms with Crippen molar-refractivity contribution in [3.05, 3.63) is 115 Å². The lowest BCUT2D eigenvalue weighted by atomic mass is 9.82. The van der Waals surface area contributed by atoms with E-state index < -0.39 is 0 Å². The van der Waals surface area contributed by atoms with Gasteiger partial charge in [-0.05, 0) is 48.5 Å². The number of hydrogen-bond donors (Lipinski definition) is 2. The average molecular weight is 528 g/mol. The molecule has 0 saturated heterocycles. The Bertz CT molecular complexity index is 1350. The van der Waals surface area contributed by atoms with Crippen molar-refractivity contribution in [3.8, 4) is 0 Å². The van der Waals surface area contributed by atoms with Crippen molar-refractivity contribution in [3.63, 3.8) is 0 Å². The zero-order valence-corrected chi connectivity index (χ0v) is 20.3. The number of carbonyl (C=O) groups is 2. The molecule has 5 rings (SSSR count). The van der Waals surface area contributed by atoms with Gasteiger partial charge < -0.3 is 10.6 Å². The number of nitrogens with one attached hydrogen (secondary N) is 2. The molecule has 1 aliphatic rings. The van der Waals surface area contributed by atoms with Gasteiger partial charge in [-0.2, -0.15) is 0 Å². The monoisotopic (exact) mass is 526 g/mol. The van der Waals surface area contributed by atoms with Crippen LogP contribution in [0.5, 0.6) is 0 Å². The van der Waals surface area contributed by atoms with E-state index in [0.29, 0.717) is 54.0 Å². The van der Waals surface area contributed by atoms with Crippen LogP contribution in [0, 0.1) is 0 Å². The van der Waals surface area contributed by atoms with Gasteiger partial charge >= 0.3 is 0 Å². The Morgan fingerprint density at radius 3 is 1.26 bits per heavy atom. The van der Waals surface area contributed by atoms with Crippen molar-refractivity contribution in [1.82, 2.24) is 0 Å². The summed E-state index contributed by atoms with van der Waals surface area (Å²) in [6, 6.07) is 20.2. The number of fused-ring (bicyclic) bond motifs is 2. The standard InChI is InChI=1S/C26H14Cl4N2O2/c27-13-7-14(28)10-17(9-13)31-21-5-1-3-19-23(21)26(34)24-20(25(19)33)4-2-6-22(24)32-18-11-15(29)8-16(30)12-18/h1-12,31-32H. The maximum atomic E-state index is 13.8. The molecule has 1 aliphatic carbocycles. The van der Waals surface area contributed by atoms with Crippen LogP contribution in [0.1, 0.15) is 31.8 Å². The van der Waals surface area contributed by atoms with Crippen LogP contribution in [0.3, 0.4) is 0 Å². The van der Waals surface area contributed by atoms with E-state index in [1.165, 1.54) is 0 Å². The van der Waals surface area contributed by atoms with Gasteiger partial charge in [-0.3, -0.25) is 9.59 Å². The second-order valence-electron chi connectivity index (χ2n) is 7.68. The third-order valence-electron chi connectivity index (χ3n) is 5.36. The fraction of sp³-hybridized carbons (Fsp3) is 0. The molecule has 0 aromatic heterocycles. The first kappa shape index (κ1) is 22.8. The summed E-state index contributed by atoms with van der Waals surface area (Å²) in [5.74, 6) is -0.540. The van der Waals surface area contributed by atoms with Crippen molar-refractivity contribution < 1.29 is 9.59 Å². The van der Waals surface area contributed by atoms with Crippen LogP contribution in [-0.2, 0) is 0 Å². The second-order valence-corrected chi connectivity index (χ2v) is 9.43. The van der Waals surface area contributed by atoms with Crippen LogP contribution < -0.4 is 10.6 Å². The molecule has 0 unspecified atom stereocenters. The summed E-state index contributed by atoms with van der Waals surface area (Å²) >= 11 is 24.5. The summed E-state index contributed by atoms with van der Waals surface area (Å²) in [4.78, 5) is 27.2. The summed E-state index contributed by atoms with van der Waals surface area (Å²) < 4.78 is 0. The molecule has 0 bridgehead atoms. The van der Waals surface area contributed by atoms with Crippen molar-refractivity contribution in [1.29, 1.82) is 0 Å². The Balaban J connectivity index is 1.61. The molecule has 34 heavy (non-hydrogen) atoms. The van der Waals surface area contributed by atoms with Gasteiger partial charge in [0.2, 0.25) is 0 Å². The molecule has 4 nitrogen and oxygen atoms in total. The molecule has 4 aromatic carbocycles. The molecular formula is C26H14Cl4N2O2. The number of rotatable bonds is 4. The maximum absolute atomic E-state index is 13.8. The van der Waals surface area contributed by atoms with Gasteiger partial charge in [-0.15, -0.1) is 0 Å². The summed E-state index contributed by atoms with van der Waals surface area (Å²) in [5, 5.41) is 8.14. The minimum atomic E-state index is -0.294. The van der Waals surface area contributed by atoms with Gasteiger partial charge in [0.05, 0.1) is 22.5 Å². The lowest BCUT2D eigenvalue weighted by Crippen LogP contribution is -2.23. The summed E-state index contributed by atoms with van der Waals surface area (Å²) in [5.41, 5.74) is 3.32. The molecule has 4 aromatic rings. The Hall–Kier alpha value is -3.02. The fourth-order valence-electron chi connectivity index (χ4n) is 4.01. The SMILES string of the molecule is O=C1c2cccc(Nc3cc(Cl)cc(Cl)c3)c2C(=O)c2c(Nc3cc(Cl)cc(Cl)c3)cccc21. The van der Waals surface area contributed by atoms with Gasteiger partial charge in [0.25, 0.3) is 0 Å². The zero-order chi connectivity index (χ0) is 24.0. The molecule has 168 valence electrons. The average Bonchev–Trinajstić information content (AvgIpc) is 2.76. The van der Waals surface area contributed by atoms with Gasteiger partial charge in [0.1, 0.15) is 0 Å². The van der Waals surface area contributed by atoms with Crippen LogP contribution in [0.4, 0.5) is 22.7 Å². The number of benzene rings is 4. The lowest BCUT2D eigenvalue weighted by molar-refractivity contribution is 0.0980. The summed E-state index contributed by atoms with van der Waals surface area (Å²) in [6.07, 6.45) is 0. The molecule has 0 fully saturated rings. The van der Waals surface area contributed by atoms with Gasteiger partial charge in [-0.25, -0.2) is 0 Å². The highest BCUT2D eigenvalue weighted by atomic mass is 35.5. The largest absolute Gasteiger partial charge is 0.355 e. The first-order chi connectivity index (χ1) is 16.3. The molecule has 8 heteroatoms. The number of halogens is 4. The number of carbonyl (C=O) groups excluding carboxylic acids is 2. The number of anilines is 4. The number of hydrogen-bond acceptors (Lipinski definition) is 4. The zero-order valence-electron chi connectivity index (χ0n) is 17.3. The quantitative estimate of drug-likeness (QED) is 0.246. The molecular weight excluding hydrogens is 514 g/mol. The first-order valence-electron chi connectivity index (χ1n) is 10.1. The van der Waals surface area contributed by atoms with Crippen LogP contribution in [-0.4, -0.2) is 11.6 Å². The normalized spacial score (nSPS) is 12.2. The Kier molecular flexibility index (Phi) is 6.00. The molecule has 0 aliphatic heterocycles. The molecule has 0 radical (unpaired) electrons. The molecule has 0 amide bonds. The van der Waals surface area contributed by atoms with E-state index in [0.717, 1.165) is 0 Å². The van der Waals surface area contributed by atoms with Crippen LogP contribution in [0.15, 0.2) is 72.8 Å². The maximum Gasteiger partial charge on any atom is 0.198 e.